The van der Waals surface area contributed by atoms with E-state index < -0.39 is 0 Å². The molecule has 0 unspecified atom stereocenters. The second-order valence-corrected chi connectivity index (χ2v) is 5.24. The van der Waals surface area contributed by atoms with Crippen LogP contribution in [0.15, 0.2) is 35.7 Å². The molecule has 0 saturated heterocycles. The van der Waals surface area contributed by atoms with Crippen molar-refractivity contribution in [1.82, 2.24) is 0 Å². The number of Topliss-reactive ketones (excluding diaryl/α,β-unsaturated/α-hetero) is 1. The van der Waals surface area contributed by atoms with Crippen LogP contribution in [-0.4, -0.2) is 19.0 Å². The van der Waals surface area contributed by atoms with E-state index in [1.54, 1.807) is 29.5 Å². The van der Waals surface area contributed by atoms with Gasteiger partial charge in [0.1, 0.15) is 0 Å². The van der Waals surface area contributed by atoms with Crippen molar-refractivity contribution in [2.75, 3.05) is 13.2 Å². The maximum Gasteiger partial charge on any atom is 0.168 e. The molecule has 0 aliphatic rings. The largest absolute Gasteiger partial charge is 0.490 e. The van der Waals surface area contributed by atoms with Gasteiger partial charge >= 0.3 is 0 Å². The van der Waals surface area contributed by atoms with Crippen LogP contribution in [0.3, 0.4) is 0 Å². The molecule has 0 saturated carbocycles. The molecule has 3 nitrogen and oxygen atoms in total. The molecule has 106 valence electrons. The fourth-order valence-electron chi connectivity index (χ4n) is 1.90. The number of benzene rings is 1. The fourth-order valence-corrected chi connectivity index (χ4v) is 2.60. The van der Waals surface area contributed by atoms with Crippen LogP contribution in [-0.2, 0) is 6.42 Å². The van der Waals surface area contributed by atoms with E-state index in [1.165, 1.54) is 0 Å². The summed E-state index contributed by atoms with van der Waals surface area (Å²) in [6, 6.07) is 9.29. The highest BCUT2D eigenvalue weighted by molar-refractivity contribution is 7.10. The minimum absolute atomic E-state index is 0.0939. The normalized spacial score (nSPS) is 10.3. The third-order valence-electron chi connectivity index (χ3n) is 2.78. The molecule has 0 aliphatic heterocycles. The summed E-state index contributed by atoms with van der Waals surface area (Å²) in [5.74, 6) is 1.41. The van der Waals surface area contributed by atoms with Crippen molar-refractivity contribution < 1.29 is 14.3 Å². The number of ketones is 1. The lowest BCUT2D eigenvalue weighted by molar-refractivity contribution is 0.0993. The van der Waals surface area contributed by atoms with Crippen LogP contribution in [0.1, 0.15) is 29.1 Å². The van der Waals surface area contributed by atoms with Gasteiger partial charge in [-0.2, -0.15) is 0 Å². The fraction of sp³-hybridized carbons (Fsp3) is 0.312. The van der Waals surface area contributed by atoms with Gasteiger partial charge < -0.3 is 9.47 Å². The van der Waals surface area contributed by atoms with Gasteiger partial charge in [-0.1, -0.05) is 6.07 Å². The summed E-state index contributed by atoms with van der Waals surface area (Å²) in [7, 11) is 0. The number of carbonyl (C=O) groups excluding carboxylic acids is 1. The number of rotatable bonds is 7. The van der Waals surface area contributed by atoms with Gasteiger partial charge in [-0.15, -0.1) is 11.3 Å². The molecule has 2 rings (SSSR count). The van der Waals surface area contributed by atoms with Crippen LogP contribution < -0.4 is 9.47 Å². The van der Waals surface area contributed by atoms with E-state index in [0.29, 0.717) is 36.7 Å². The van der Waals surface area contributed by atoms with Gasteiger partial charge in [-0.25, -0.2) is 0 Å². The molecule has 0 N–H and O–H groups in total. The first-order chi connectivity index (χ1) is 9.74. The van der Waals surface area contributed by atoms with Gasteiger partial charge in [0.15, 0.2) is 17.3 Å². The van der Waals surface area contributed by atoms with Gasteiger partial charge in [0, 0.05) is 16.9 Å². The van der Waals surface area contributed by atoms with Crippen molar-refractivity contribution in [1.29, 1.82) is 0 Å². The Kier molecular flexibility index (Phi) is 5.18. The second kappa shape index (κ2) is 7.10. The van der Waals surface area contributed by atoms with E-state index in [9.17, 15) is 4.79 Å². The van der Waals surface area contributed by atoms with Crippen molar-refractivity contribution >= 4 is 17.1 Å². The van der Waals surface area contributed by atoms with E-state index in [2.05, 4.69) is 0 Å². The zero-order chi connectivity index (χ0) is 14.4. The summed E-state index contributed by atoms with van der Waals surface area (Å²) in [5.41, 5.74) is 0.658. The van der Waals surface area contributed by atoms with Crippen LogP contribution >= 0.6 is 11.3 Å². The lowest BCUT2D eigenvalue weighted by Gasteiger charge is -2.11. The van der Waals surface area contributed by atoms with Crippen molar-refractivity contribution in [2.45, 2.75) is 20.3 Å². The molecule has 1 aromatic heterocycles. The monoisotopic (exact) mass is 290 g/mol. The van der Waals surface area contributed by atoms with Crippen molar-refractivity contribution in [3.63, 3.8) is 0 Å². The van der Waals surface area contributed by atoms with E-state index in [0.717, 1.165) is 4.88 Å². The molecular weight excluding hydrogens is 272 g/mol. The summed E-state index contributed by atoms with van der Waals surface area (Å²) in [4.78, 5) is 13.3. The third kappa shape index (κ3) is 3.61. The molecule has 0 amide bonds. The molecule has 0 bridgehead atoms. The van der Waals surface area contributed by atoms with Crippen LogP contribution in [0.5, 0.6) is 11.5 Å². The Hall–Kier alpha value is -1.81. The average Bonchev–Trinajstić information content (AvgIpc) is 2.94. The Morgan fingerprint density at radius 3 is 2.50 bits per heavy atom. The van der Waals surface area contributed by atoms with Crippen LogP contribution in [0, 0.1) is 0 Å². The maximum atomic E-state index is 12.2. The summed E-state index contributed by atoms with van der Waals surface area (Å²) >= 11 is 1.59. The summed E-state index contributed by atoms with van der Waals surface area (Å²) in [6.45, 7) is 4.95. The Labute approximate surface area is 123 Å². The highest BCUT2D eigenvalue weighted by Gasteiger charge is 2.12. The predicted molar refractivity (Wildman–Crippen MR) is 81.1 cm³/mol. The summed E-state index contributed by atoms with van der Waals surface area (Å²) in [6.07, 6.45) is 0.428. The molecule has 1 heterocycles. The molecule has 0 aliphatic carbocycles. The number of ether oxygens (including phenoxy) is 2. The highest BCUT2D eigenvalue weighted by Crippen LogP contribution is 2.29. The van der Waals surface area contributed by atoms with Gasteiger partial charge in [0.25, 0.3) is 0 Å². The molecule has 0 radical (unpaired) electrons. The zero-order valence-electron chi connectivity index (χ0n) is 11.7. The lowest BCUT2D eigenvalue weighted by Crippen LogP contribution is -2.04. The molecule has 20 heavy (non-hydrogen) atoms. The predicted octanol–water partition coefficient (Wildman–Crippen LogP) is 3.97. The van der Waals surface area contributed by atoms with E-state index in [4.69, 9.17) is 9.47 Å². The van der Waals surface area contributed by atoms with Gasteiger partial charge in [0.2, 0.25) is 0 Å². The summed E-state index contributed by atoms with van der Waals surface area (Å²) < 4.78 is 11.0. The quantitative estimate of drug-likeness (QED) is 0.724. The first-order valence-electron chi connectivity index (χ1n) is 6.69. The minimum atomic E-state index is 0.0939. The van der Waals surface area contributed by atoms with Crippen LogP contribution in [0.4, 0.5) is 0 Å². The van der Waals surface area contributed by atoms with Crippen molar-refractivity contribution in [2.24, 2.45) is 0 Å². The van der Waals surface area contributed by atoms with Gasteiger partial charge in [0.05, 0.1) is 13.2 Å². The molecule has 1 aromatic carbocycles. The number of hydrogen-bond acceptors (Lipinski definition) is 4. The maximum absolute atomic E-state index is 12.2. The molecule has 4 heteroatoms. The van der Waals surface area contributed by atoms with Crippen molar-refractivity contribution in [3.8, 4) is 11.5 Å². The second-order valence-electron chi connectivity index (χ2n) is 4.21. The van der Waals surface area contributed by atoms with Crippen LogP contribution in [0.2, 0.25) is 0 Å². The molecule has 2 aromatic rings. The van der Waals surface area contributed by atoms with Gasteiger partial charge in [-0.05, 0) is 43.5 Å². The smallest absolute Gasteiger partial charge is 0.168 e. The standard InChI is InChI=1S/C16H18O3S/c1-3-18-15-8-7-12(10-16(15)19-4-2)14(17)11-13-6-5-9-20-13/h5-10H,3-4,11H2,1-2H3. The Bertz CT molecular complexity index is 561. The van der Waals surface area contributed by atoms with Gasteiger partial charge in [-0.3, -0.25) is 4.79 Å². The van der Waals surface area contributed by atoms with E-state index in [-0.39, 0.29) is 5.78 Å². The van der Waals surface area contributed by atoms with Crippen LogP contribution in [0.25, 0.3) is 0 Å². The van der Waals surface area contributed by atoms with E-state index >= 15 is 0 Å². The third-order valence-corrected chi connectivity index (χ3v) is 3.66. The molecule has 0 spiro atoms. The highest BCUT2D eigenvalue weighted by atomic mass is 32.1. The summed E-state index contributed by atoms with van der Waals surface area (Å²) in [5, 5.41) is 1.98. The number of carbonyl (C=O) groups is 1. The molecular formula is C16H18O3S. The Balaban J connectivity index is 2.19. The molecule has 0 atom stereocenters. The minimum Gasteiger partial charge on any atom is -0.490 e. The van der Waals surface area contributed by atoms with E-state index in [1.807, 2.05) is 31.4 Å². The lowest BCUT2D eigenvalue weighted by atomic mass is 10.1. The molecule has 0 fully saturated rings. The first-order valence-corrected chi connectivity index (χ1v) is 7.57. The average molecular weight is 290 g/mol. The SMILES string of the molecule is CCOc1ccc(C(=O)Cc2cccs2)cc1OCC. The number of hydrogen-bond donors (Lipinski definition) is 0. The number of thiophene rings is 1. The van der Waals surface area contributed by atoms with Crippen molar-refractivity contribution in [3.05, 3.63) is 46.2 Å². The first kappa shape index (κ1) is 14.6. The topological polar surface area (TPSA) is 35.5 Å². The zero-order valence-corrected chi connectivity index (χ0v) is 12.5. The Morgan fingerprint density at radius 1 is 1.10 bits per heavy atom. The Morgan fingerprint density at radius 2 is 1.85 bits per heavy atom.